The third-order valence-corrected chi connectivity index (χ3v) is 6.37. The summed E-state index contributed by atoms with van der Waals surface area (Å²) < 4.78 is 30.5. The summed E-state index contributed by atoms with van der Waals surface area (Å²) in [5.74, 6) is -0.800. The number of carbonyl (C=O) groups is 1. The highest BCUT2D eigenvalue weighted by Gasteiger charge is 2.57. The molecule has 0 heterocycles. The molecule has 0 aromatic heterocycles. The molecule has 2 rings (SSSR count). The second kappa shape index (κ2) is 4.57. The van der Waals surface area contributed by atoms with E-state index in [-0.39, 0.29) is 12.5 Å². The first kappa shape index (κ1) is 14.5. The van der Waals surface area contributed by atoms with Gasteiger partial charge in [0.2, 0.25) is 10.0 Å². The Labute approximate surface area is 113 Å². The number of methoxy groups -OCH3 is 1. The molecule has 0 spiro atoms. The van der Waals surface area contributed by atoms with Crippen molar-refractivity contribution >= 4 is 15.9 Å². The molecule has 108 valence electrons. The van der Waals surface area contributed by atoms with Crippen molar-refractivity contribution < 1.29 is 17.9 Å². The number of hydrogen-bond acceptors (Lipinski definition) is 5. The number of nitrogens with one attached hydrogen (secondary N) is 1. The number of carbonyl (C=O) groups excluding carboxylic acids is 1. The number of ether oxygens (including phenoxy) is 1. The monoisotopic (exact) mass is 288 g/mol. The van der Waals surface area contributed by atoms with E-state index in [0.717, 1.165) is 6.42 Å². The van der Waals surface area contributed by atoms with Crippen LogP contribution in [0.3, 0.4) is 0 Å². The molecule has 0 saturated heterocycles. The number of amides is 1. The number of nitrogens with two attached hydrogens (primary N) is 1. The van der Waals surface area contributed by atoms with Crippen molar-refractivity contribution in [3.63, 3.8) is 0 Å². The van der Waals surface area contributed by atoms with Crippen LogP contribution in [0.1, 0.15) is 25.7 Å². The molecule has 0 aromatic rings. The minimum atomic E-state index is -3.74. The van der Waals surface area contributed by atoms with Gasteiger partial charge in [-0.1, -0.05) is 6.08 Å². The van der Waals surface area contributed by atoms with Crippen LogP contribution in [0.15, 0.2) is 12.7 Å². The van der Waals surface area contributed by atoms with E-state index in [1.807, 2.05) is 0 Å². The van der Waals surface area contributed by atoms with Crippen LogP contribution in [0.4, 0.5) is 0 Å². The summed E-state index contributed by atoms with van der Waals surface area (Å²) in [6.45, 7) is 3.71. The summed E-state index contributed by atoms with van der Waals surface area (Å²) in [5, 5.41) is 0. The van der Waals surface area contributed by atoms with Crippen molar-refractivity contribution in [2.75, 3.05) is 13.7 Å². The Morgan fingerprint density at radius 2 is 2.16 bits per heavy atom. The molecule has 2 atom stereocenters. The largest absolute Gasteiger partial charge is 0.383 e. The topological polar surface area (TPSA) is 98.5 Å². The molecule has 0 aliphatic heterocycles. The molecule has 2 unspecified atom stereocenters. The normalized spacial score (nSPS) is 32.2. The minimum absolute atomic E-state index is 0.0953. The zero-order chi connectivity index (χ0) is 14.3. The van der Waals surface area contributed by atoms with Crippen molar-refractivity contribution in [2.24, 2.45) is 11.7 Å². The standard InChI is InChI=1S/C12H20N2O4S/c1-3-9-4-5-12(9,13)10(15)14-19(16,17)11(6-7-11)8-18-2/h3,9H,1,4-8,13H2,2H3,(H,14,15). The Balaban J connectivity index is 2.09. The zero-order valence-corrected chi connectivity index (χ0v) is 11.8. The third kappa shape index (κ3) is 2.19. The second-order valence-electron chi connectivity index (χ2n) is 5.47. The van der Waals surface area contributed by atoms with Gasteiger partial charge in [0.15, 0.2) is 0 Å². The molecule has 2 saturated carbocycles. The van der Waals surface area contributed by atoms with Crippen molar-refractivity contribution in [1.82, 2.24) is 4.72 Å². The number of rotatable bonds is 6. The van der Waals surface area contributed by atoms with Crippen molar-refractivity contribution in [2.45, 2.75) is 36.0 Å². The lowest BCUT2D eigenvalue weighted by Crippen LogP contribution is -2.65. The van der Waals surface area contributed by atoms with E-state index in [0.29, 0.717) is 19.3 Å². The maximum Gasteiger partial charge on any atom is 0.254 e. The van der Waals surface area contributed by atoms with E-state index in [2.05, 4.69) is 11.3 Å². The average Bonchev–Trinajstić information content (AvgIpc) is 3.08. The lowest BCUT2D eigenvalue weighted by Gasteiger charge is -2.43. The summed E-state index contributed by atoms with van der Waals surface area (Å²) in [6, 6.07) is 0. The van der Waals surface area contributed by atoms with Gasteiger partial charge in [0.1, 0.15) is 10.3 Å². The van der Waals surface area contributed by atoms with Gasteiger partial charge in [-0.3, -0.25) is 9.52 Å². The predicted molar refractivity (Wildman–Crippen MR) is 70.7 cm³/mol. The van der Waals surface area contributed by atoms with Gasteiger partial charge in [0, 0.05) is 13.0 Å². The van der Waals surface area contributed by atoms with Gasteiger partial charge < -0.3 is 10.5 Å². The molecule has 0 bridgehead atoms. The number of hydrogen-bond donors (Lipinski definition) is 2. The minimum Gasteiger partial charge on any atom is -0.383 e. The highest BCUT2D eigenvalue weighted by atomic mass is 32.2. The molecular formula is C12H20N2O4S. The van der Waals surface area contributed by atoms with Crippen LogP contribution in [0.25, 0.3) is 0 Å². The highest BCUT2D eigenvalue weighted by Crippen LogP contribution is 2.44. The fraction of sp³-hybridized carbons (Fsp3) is 0.750. The van der Waals surface area contributed by atoms with Gasteiger partial charge >= 0.3 is 0 Å². The van der Waals surface area contributed by atoms with Gasteiger partial charge in [-0.05, 0) is 25.7 Å². The van der Waals surface area contributed by atoms with Crippen molar-refractivity contribution in [3.05, 3.63) is 12.7 Å². The van der Waals surface area contributed by atoms with Gasteiger partial charge in [-0.15, -0.1) is 6.58 Å². The summed E-state index contributed by atoms with van der Waals surface area (Å²) in [5.41, 5.74) is 4.83. The van der Waals surface area contributed by atoms with Gasteiger partial charge in [-0.25, -0.2) is 8.42 Å². The summed E-state index contributed by atoms with van der Waals surface area (Å²) >= 11 is 0. The van der Waals surface area contributed by atoms with Gasteiger partial charge in [0.25, 0.3) is 5.91 Å². The first-order chi connectivity index (χ1) is 8.81. The van der Waals surface area contributed by atoms with E-state index < -0.39 is 26.2 Å². The Morgan fingerprint density at radius 1 is 1.53 bits per heavy atom. The predicted octanol–water partition coefficient (Wildman–Crippen LogP) is -0.0951. The van der Waals surface area contributed by atoms with E-state index in [1.165, 1.54) is 7.11 Å². The molecule has 0 radical (unpaired) electrons. The lowest BCUT2D eigenvalue weighted by molar-refractivity contribution is -0.129. The lowest BCUT2D eigenvalue weighted by atomic mass is 9.67. The zero-order valence-electron chi connectivity index (χ0n) is 11.0. The van der Waals surface area contributed by atoms with Crippen LogP contribution in [0.2, 0.25) is 0 Å². The molecule has 2 aliphatic carbocycles. The van der Waals surface area contributed by atoms with Gasteiger partial charge in [-0.2, -0.15) is 0 Å². The fourth-order valence-electron chi connectivity index (χ4n) is 2.45. The summed E-state index contributed by atoms with van der Waals surface area (Å²) in [4.78, 5) is 12.1. The van der Waals surface area contributed by atoms with Crippen LogP contribution in [-0.4, -0.2) is 38.3 Å². The maximum absolute atomic E-state index is 12.2. The Morgan fingerprint density at radius 3 is 2.53 bits per heavy atom. The van der Waals surface area contributed by atoms with Crippen LogP contribution in [-0.2, 0) is 19.6 Å². The molecule has 0 aromatic carbocycles. The van der Waals surface area contributed by atoms with E-state index in [9.17, 15) is 13.2 Å². The molecule has 1 amide bonds. The second-order valence-corrected chi connectivity index (χ2v) is 7.55. The Kier molecular flexibility index (Phi) is 3.49. The first-order valence-corrected chi connectivity index (χ1v) is 7.77. The SMILES string of the molecule is C=CC1CCC1(N)C(=O)NS(=O)(=O)C1(COC)CC1. The smallest absolute Gasteiger partial charge is 0.254 e. The summed E-state index contributed by atoms with van der Waals surface area (Å²) in [7, 11) is -2.29. The molecule has 2 fully saturated rings. The van der Waals surface area contributed by atoms with Crippen LogP contribution in [0.5, 0.6) is 0 Å². The van der Waals surface area contributed by atoms with E-state index in [1.54, 1.807) is 6.08 Å². The highest BCUT2D eigenvalue weighted by molar-refractivity contribution is 7.91. The summed E-state index contributed by atoms with van der Waals surface area (Å²) in [6.07, 6.45) is 3.86. The molecule has 7 heteroatoms. The van der Waals surface area contributed by atoms with Crippen LogP contribution >= 0.6 is 0 Å². The Hall–Kier alpha value is -0.920. The third-order valence-electron chi connectivity index (χ3n) is 4.25. The van der Waals surface area contributed by atoms with Crippen LogP contribution in [0, 0.1) is 5.92 Å². The quantitative estimate of drug-likeness (QED) is 0.665. The molecule has 3 N–H and O–H groups in total. The Bertz CT molecular complexity index is 498. The molecule has 2 aliphatic rings. The van der Waals surface area contributed by atoms with E-state index in [4.69, 9.17) is 10.5 Å². The fourth-order valence-corrected chi connectivity index (χ4v) is 4.01. The molecule has 19 heavy (non-hydrogen) atoms. The van der Waals surface area contributed by atoms with E-state index >= 15 is 0 Å². The average molecular weight is 288 g/mol. The molecular weight excluding hydrogens is 268 g/mol. The maximum atomic E-state index is 12.2. The number of sulfonamides is 1. The van der Waals surface area contributed by atoms with Gasteiger partial charge in [0.05, 0.1) is 6.61 Å². The first-order valence-electron chi connectivity index (χ1n) is 6.28. The van der Waals surface area contributed by atoms with Crippen LogP contribution < -0.4 is 10.5 Å². The van der Waals surface area contributed by atoms with Crippen molar-refractivity contribution in [3.8, 4) is 0 Å². The van der Waals surface area contributed by atoms with Crippen molar-refractivity contribution in [1.29, 1.82) is 0 Å². The molecule has 6 nitrogen and oxygen atoms in total.